The summed E-state index contributed by atoms with van der Waals surface area (Å²) in [5, 5.41) is 3.99. The molecule has 31 heavy (non-hydrogen) atoms. The third-order valence-corrected chi connectivity index (χ3v) is 6.12. The van der Waals surface area contributed by atoms with Crippen molar-refractivity contribution in [2.24, 2.45) is 0 Å². The highest BCUT2D eigenvalue weighted by atomic mass is 32.1. The summed E-state index contributed by atoms with van der Waals surface area (Å²) in [7, 11) is 0. The summed E-state index contributed by atoms with van der Waals surface area (Å²) in [4.78, 5) is 23.2. The summed E-state index contributed by atoms with van der Waals surface area (Å²) in [6.45, 7) is 0. The number of thiazole rings is 1. The smallest absolute Gasteiger partial charge is 0.236 e. The van der Waals surface area contributed by atoms with E-state index in [1.807, 2.05) is 97.1 Å². The molecule has 1 N–H and O–H groups in total. The molecule has 4 nitrogen and oxygen atoms in total. The maximum Gasteiger partial charge on any atom is 0.236 e. The van der Waals surface area contributed by atoms with Crippen LogP contribution in [0.5, 0.6) is 0 Å². The monoisotopic (exact) mass is 421 g/mol. The van der Waals surface area contributed by atoms with Crippen LogP contribution in [0, 0.1) is 0 Å². The molecule has 0 bridgehead atoms. The van der Waals surface area contributed by atoms with Gasteiger partial charge in [0.1, 0.15) is 15.4 Å². The first-order valence-corrected chi connectivity index (χ1v) is 10.8. The molecule has 0 radical (unpaired) electrons. The third kappa shape index (κ3) is 4.09. The van der Waals surface area contributed by atoms with E-state index < -0.39 is 0 Å². The van der Waals surface area contributed by atoms with Gasteiger partial charge in [-0.15, -0.1) is 0 Å². The Kier molecular flexibility index (Phi) is 5.25. The minimum Gasteiger partial charge on any atom is -0.325 e. The highest BCUT2D eigenvalue weighted by Crippen LogP contribution is 2.30. The summed E-state index contributed by atoms with van der Waals surface area (Å²) >= 11 is 1.56. The zero-order valence-corrected chi connectivity index (χ0v) is 17.4. The Bertz CT molecular complexity index is 1240. The Labute approximate surface area is 184 Å². The number of nitrogens with zero attached hydrogens (tertiary/aromatic N) is 2. The van der Waals surface area contributed by atoms with E-state index in [1.165, 1.54) is 0 Å². The molecule has 0 aliphatic heterocycles. The molecule has 0 unspecified atom stereocenters. The molecule has 0 saturated heterocycles. The van der Waals surface area contributed by atoms with Gasteiger partial charge in [0, 0.05) is 17.4 Å². The van der Waals surface area contributed by atoms with Gasteiger partial charge >= 0.3 is 0 Å². The van der Waals surface area contributed by atoms with E-state index in [0.717, 1.165) is 37.7 Å². The molecule has 5 heteroatoms. The van der Waals surface area contributed by atoms with Gasteiger partial charge in [0.25, 0.3) is 0 Å². The lowest BCUT2D eigenvalue weighted by molar-refractivity contribution is -0.116. The Balaban J connectivity index is 1.39. The van der Waals surface area contributed by atoms with Gasteiger partial charge in [-0.2, -0.15) is 0 Å². The Hall–Kier alpha value is -3.83. The van der Waals surface area contributed by atoms with Crippen LogP contribution in [0.1, 0.15) is 17.0 Å². The number of pyridine rings is 1. The number of hydrogen-bond donors (Lipinski definition) is 1. The SMILES string of the molecule is O=C(Nc1ccc(-c2nc3cccnc3s2)cc1)C(c1ccccc1)c1ccccc1. The Morgan fingerprint density at radius 3 is 2.03 bits per heavy atom. The van der Waals surface area contributed by atoms with E-state index in [-0.39, 0.29) is 11.8 Å². The van der Waals surface area contributed by atoms with E-state index in [0.29, 0.717) is 0 Å². The minimum absolute atomic E-state index is 0.0608. The summed E-state index contributed by atoms with van der Waals surface area (Å²) in [5.74, 6) is -0.438. The summed E-state index contributed by atoms with van der Waals surface area (Å²) < 4.78 is 0. The van der Waals surface area contributed by atoms with E-state index in [4.69, 9.17) is 0 Å². The van der Waals surface area contributed by atoms with Crippen molar-refractivity contribution in [3.05, 3.63) is 114 Å². The first-order valence-electron chi connectivity index (χ1n) is 10.0. The average molecular weight is 422 g/mol. The van der Waals surface area contributed by atoms with Gasteiger partial charge in [0.2, 0.25) is 5.91 Å². The van der Waals surface area contributed by atoms with Crippen LogP contribution in [0.2, 0.25) is 0 Å². The fraction of sp³-hybridized carbons (Fsp3) is 0.0385. The van der Waals surface area contributed by atoms with E-state index >= 15 is 0 Å². The van der Waals surface area contributed by atoms with Crippen LogP contribution >= 0.6 is 11.3 Å². The number of rotatable bonds is 5. The minimum atomic E-state index is -0.377. The molecule has 3 aromatic carbocycles. The predicted octanol–water partition coefficient (Wildman–Crippen LogP) is 6.13. The Morgan fingerprint density at radius 1 is 0.774 bits per heavy atom. The quantitative estimate of drug-likeness (QED) is 0.371. The first kappa shape index (κ1) is 19.2. The normalized spacial score (nSPS) is 11.0. The summed E-state index contributed by atoms with van der Waals surface area (Å²) in [6.07, 6.45) is 1.78. The molecule has 0 fully saturated rings. The topological polar surface area (TPSA) is 54.9 Å². The molecule has 5 aromatic rings. The number of carbonyl (C=O) groups excluding carboxylic acids is 1. The maximum atomic E-state index is 13.3. The van der Waals surface area contributed by atoms with Crippen molar-refractivity contribution in [2.75, 3.05) is 5.32 Å². The first-order chi connectivity index (χ1) is 15.3. The standard InChI is InChI=1S/C26H19N3OS/c30-24(23(18-8-3-1-4-9-18)19-10-5-2-6-11-19)28-21-15-13-20(14-16-21)25-29-22-12-7-17-27-26(22)31-25/h1-17,23H,(H,28,30). The fourth-order valence-corrected chi connectivity index (χ4v) is 4.50. The van der Waals surface area contributed by atoms with Gasteiger partial charge in [0.05, 0.1) is 5.92 Å². The van der Waals surface area contributed by atoms with E-state index in [1.54, 1.807) is 17.5 Å². The lowest BCUT2D eigenvalue weighted by Gasteiger charge is -2.18. The van der Waals surface area contributed by atoms with Crippen molar-refractivity contribution in [1.82, 2.24) is 9.97 Å². The fourth-order valence-electron chi connectivity index (χ4n) is 3.59. The number of carbonyl (C=O) groups is 1. The summed E-state index contributed by atoms with van der Waals surface area (Å²) in [6, 6.07) is 31.3. The summed E-state index contributed by atoms with van der Waals surface area (Å²) in [5.41, 5.74) is 4.58. The van der Waals surface area contributed by atoms with Gasteiger partial charge in [-0.05, 0) is 47.5 Å². The van der Waals surface area contributed by atoms with Crippen LogP contribution in [-0.2, 0) is 4.79 Å². The molecule has 0 aliphatic carbocycles. The number of aromatic nitrogens is 2. The number of anilines is 1. The highest BCUT2D eigenvalue weighted by molar-refractivity contribution is 7.21. The van der Waals surface area contributed by atoms with Crippen molar-refractivity contribution in [3.8, 4) is 10.6 Å². The zero-order valence-electron chi connectivity index (χ0n) is 16.6. The molecular weight excluding hydrogens is 402 g/mol. The zero-order chi connectivity index (χ0) is 21.0. The largest absolute Gasteiger partial charge is 0.325 e. The molecule has 2 heterocycles. The van der Waals surface area contributed by atoms with Crippen LogP contribution in [0.4, 0.5) is 5.69 Å². The average Bonchev–Trinajstić information content (AvgIpc) is 3.25. The molecule has 5 rings (SSSR count). The molecule has 150 valence electrons. The molecule has 0 aliphatic rings. The molecule has 2 aromatic heterocycles. The van der Waals surface area contributed by atoms with Crippen molar-refractivity contribution < 1.29 is 4.79 Å². The molecule has 0 spiro atoms. The highest BCUT2D eigenvalue weighted by Gasteiger charge is 2.22. The number of amides is 1. The lowest BCUT2D eigenvalue weighted by Crippen LogP contribution is -2.22. The van der Waals surface area contributed by atoms with Crippen LogP contribution < -0.4 is 5.32 Å². The van der Waals surface area contributed by atoms with Crippen molar-refractivity contribution in [3.63, 3.8) is 0 Å². The van der Waals surface area contributed by atoms with Crippen LogP contribution in [0.3, 0.4) is 0 Å². The van der Waals surface area contributed by atoms with E-state index in [2.05, 4.69) is 15.3 Å². The van der Waals surface area contributed by atoms with Gasteiger partial charge in [-0.3, -0.25) is 4.79 Å². The van der Waals surface area contributed by atoms with Crippen molar-refractivity contribution in [1.29, 1.82) is 0 Å². The molecule has 0 saturated carbocycles. The number of benzene rings is 3. The van der Waals surface area contributed by atoms with E-state index in [9.17, 15) is 4.79 Å². The van der Waals surface area contributed by atoms with Crippen LogP contribution in [-0.4, -0.2) is 15.9 Å². The van der Waals surface area contributed by atoms with Gasteiger partial charge in [-0.25, -0.2) is 9.97 Å². The van der Waals surface area contributed by atoms with Gasteiger partial charge in [0.15, 0.2) is 0 Å². The van der Waals surface area contributed by atoms with Crippen LogP contribution in [0.15, 0.2) is 103 Å². The number of hydrogen-bond acceptors (Lipinski definition) is 4. The second-order valence-electron chi connectivity index (χ2n) is 7.17. The second kappa shape index (κ2) is 8.50. The maximum absolute atomic E-state index is 13.3. The number of nitrogens with one attached hydrogen (secondary N) is 1. The van der Waals surface area contributed by atoms with Crippen LogP contribution in [0.25, 0.3) is 20.9 Å². The molecule has 0 atom stereocenters. The number of fused-ring (bicyclic) bond motifs is 1. The molecular formula is C26H19N3OS. The third-order valence-electron chi connectivity index (χ3n) is 5.09. The Morgan fingerprint density at radius 2 is 1.42 bits per heavy atom. The lowest BCUT2D eigenvalue weighted by atomic mass is 9.90. The predicted molar refractivity (Wildman–Crippen MR) is 126 cm³/mol. The van der Waals surface area contributed by atoms with Crippen molar-refractivity contribution in [2.45, 2.75) is 5.92 Å². The van der Waals surface area contributed by atoms with Gasteiger partial charge < -0.3 is 5.32 Å². The second-order valence-corrected chi connectivity index (χ2v) is 8.15. The van der Waals surface area contributed by atoms with Gasteiger partial charge in [-0.1, -0.05) is 72.0 Å². The molecule has 1 amide bonds. The van der Waals surface area contributed by atoms with Crippen molar-refractivity contribution >= 4 is 33.3 Å².